The fourth-order valence-electron chi connectivity index (χ4n) is 7.31. The van der Waals surface area contributed by atoms with Crippen LogP contribution in [0.1, 0.15) is 99.3 Å². The average molecular weight is 764 g/mol. The van der Waals surface area contributed by atoms with Gasteiger partial charge in [0.1, 0.15) is 22.9 Å². The van der Waals surface area contributed by atoms with Crippen LogP contribution in [-0.4, -0.2) is 108 Å². The number of rotatable bonds is 11. The SMILES string of the molecule is CC(C)(O)c1cnnn1[C@H]1C[C@@H](C(=O)NC2(C(=O)C(N)=O)CCOCC2)N(C(=O)C(CC2CCCCC2)=NC(=O)c2ccc(C(O)(O)C(F)(F)F)cc2)C1. The van der Waals surface area contributed by atoms with Gasteiger partial charge in [0.2, 0.25) is 11.7 Å². The molecule has 1 aromatic heterocycles. The zero-order valence-corrected chi connectivity index (χ0v) is 29.8. The molecule has 0 bridgehead atoms. The number of nitrogens with two attached hydrogens (primary N) is 1. The first-order valence-corrected chi connectivity index (χ1v) is 17.7. The van der Waals surface area contributed by atoms with Crippen molar-refractivity contribution in [2.45, 2.75) is 107 Å². The highest BCUT2D eigenvalue weighted by atomic mass is 19.4. The quantitative estimate of drug-likeness (QED) is 0.124. The first-order chi connectivity index (χ1) is 25.2. The largest absolute Gasteiger partial charge is 0.447 e. The summed E-state index contributed by atoms with van der Waals surface area (Å²) in [7, 11) is 0. The molecule has 294 valence electrons. The van der Waals surface area contributed by atoms with E-state index < -0.39 is 70.2 Å². The summed E-state index contributed by atoms with van der Waals surface area (Å²) in [6.07, 6.45) is -0.0996. The number of carbonyl (C=O) groups is 5. The summed E-state index contributed by atoms with van der Waals surface area (Å²) in [5.41, 5.74) is 1.10. The molecule has 19 heteroatoms. The van der Waals surface area contributed by atoms with Gasteiger partial charge in [-0.05, 0) is 38.3 Å². The van der Waals surface area contributed by atoms with E-state index in [-0.39, 0.29) is 68.3 Å². The van der Waals surface area contributed by atoms with Crippen LogP contribution >= 0.6 is 0 Å². The Bertz CT molecular complexity index is 1770. The predicted molar refractivity (Wildman–Crippen MR) is 181 cm³/mol. The van der Waals surface area contributed by atoms with E-state index in [9.17, 15) is 52.5 Å². The molecule has 0 radical (unpaired) electrons. The Morgan fingerprint density at radius 2 is 1.65 bits per heavy atom. The van der Waals surface area contributed by atoms with Crippen LogP contribution in [0.25, 0.3) is 0 Å². The van der Waals surface area contributed by atoms with Crippen molar-refractivity contribution in [2.75, 3.05) is 19.8 Å². The van der Waals surface area contributed by atoms with Crippen LogP contribution in [0.5, 0.6) is 0 Å². The second kappa shape index (κ2) is 15.6. The summed E-state index contributed by atoms with van der Waals surface area (Å²) in [4.78, 5) is 72.9. The van der Waals surface area contributed by atoms with E-state index in [1.54, 1.807) is 0 Å². The molecule has 2 aromatic rings. The number of benzene rings is 1. The molecule has 3 fully saturated rings. The van der Waals surface area contributed by atoms with Gasteiger partial charge >= 0.3 is 6.18 Å². The van der Waals surface area contributed by atoms with Crippen LogP contribution in [0.4, 0.5) is 13.2 Å². The Hall–Kier alpha value is -4.59. The van der Waals surface area contributed by atoms with Crippen LogP contribution in [0.15, 0.2) is 35.5 Å². The smallest absolute Gasteiger partial charge is 0.384 e. The Balaban J connectivity index is 1.52. The van der Waals surface area contributed by atoms with E-state index in [2.05, 4.69) is 20.6 Å². The van der Waals surface area contributed by atoms with E-state index in [0.717, 1.165) is 44.2 Å². The number of primary amides is 1. The fraction of sp³-hybridized carbons (Fsp3) is 0.600. The number of hydrogen-bond acceptors (Lipinski definition) is 11. The van der Waals surface area contributed by atoms with Crippen molar-refractivity contribution < 1.29 is 57.2 Å². The highest BCUT2D eigenvalue weighted by Gasteiger charge is 2.54. The average Bonchev–Trinajstić information content (AvgIpc) is 3.80. The number of aliphatic imine (C=N–C) groups is 1. The van der Waals surface area contributed by atoms with Crippen LogP contribution in [-0.2, 0) is 35.3 Å². The van der Waals surface area contributed by atoms with Crippen LogP contribution in [0.2, 0.25) is 0 Å². The van der Waals surface area contributed by atoms with E-state index in [1.807, 2.05) is 0 Å². The molecule has 6 N–H and O–H groups in total. The first kappa shape index (κ1) is 40.6. The molecule has 0 spiro atoms. The standard InChI is InChI=1S/C35H44F3N7O9/c1-32(2,51)26-18-40-43-45(26)23-17-25(30(49)42-33(27(46)28(39)47)12-14-54-15-13-33)44(19-23)31(50)24(16-20-6-4-3-5-7-20)41-29(48)21-8-10-22(11-9-21)34(52,53)35(36,37)38/h8-11,18,20,23,25,51-53H,3-7,12-17,19H2,1-2H3,(H2,39,47)(H,42,49)/t23-,25-/m0/s1. The van der Waals surface area contributed by atoms with Gasteiger partial charge in [-0.1, -0.05) is 49.5 Å². The molecule has 1 aromatic carbocycles. The van der Waals surface area contributed by atoms with Crippen LogP contribution in [0.3, 0.4) is 0 Å². The maximum absolute atomic E-state index is 14.6. The maximum Gasteiger partial charge on any atom is 0.447 e. The number of halogens is 3. The van der Waals surface area contributed by atoms with Crippen LogP contribution in [0, 0.1) is 5.92 Å². The van der Waals surface area contributed by atoms with E-state index >= 15 is 0 Å². The van der Waals surface area contributed by atoms with Crippen molar-refractivity contribution in [3.63, 3.8) is 0 Å². The number of Topliss-reactive ketones (excluding diaryl/α,β-unsaturated/α-hetero) is 1. The Labute approximate surface area is 307 Å². The Morgan fingerprint density at radius 1 is 1.02 bits per heavy atom. The Kier molecular flexibility index (Phi) is 11.8. The molecular formula is C35H44F3N7O9. The molecule has 2 atom stereocenters. The molecule has 5 rings (SSSR count). The third-order valence-electron chi connectivity index (χ3n) is 10.4. The van der Waals surface area contributed by atoms with E-state index in [4.69, 9.17) is 10.5 Å². The topological polar surface area (TPSA) is 240 Å². The highest BCUT2D eigenvalue weighted by molar-refractivity contribution is 6.41. The van der Waals surface area contributed by atoms with Crippen molar-refractivity contribution in [3.05, 3.63) is 47.3 Å². The number of aliphatic hydroxyl groups is 3. The van der Waals surface area contributed by atoms with Gasteiger partial charge in [0.05, 0.1) is 17.9 Å². The van der Waals surface area contributed by atoms with Crippen molar-refractivity contribution in [1.82, 2.24) is 25.2 Å². The van der Waals surface area contributed by atoms with Gasteiger partial charge in [-0.25, -0.2) is 9.67 Å². The van der Waals surface area contributed by atoms with E-state index in [1.165, 1.54) is 29.6 Å². The number of nitrogens with zero attached hydrogens (tertiary/aromatic N) is 5. The number of aromatic nitrogens is 3. The highest BCUT2D eigenvalue weighted by Crippen LogP contribution is 2.37. The maximum atomic E-state index is 14.6. The molecule has 2 aliphatic heterocycles. The lowest BCUT2D eigenvalue weighted by molar-refractivity contribution is -0.358. The van der Waals surface area contributed by atoms with Crippen molar-refractivity contribution in [2.24, 2.45) is 16.6 Å². The molecule has 3 heterocycles. The number of nitrogens with one attached hydrogen (secondary N) is 1. The predicted octanol–water partition coefficient (Wildman–Crippen LogP) is 1.32. The second-order valence-electron chi connectivity index (χ2n) is 14.7. The second-order valence-corrected chi connectivity index (χ2v) is 14.7. The number of hydrogen-bond donors (Lipinski definition) is 5. The summed E-state index contributed by atoms with van der Waals surface area (Å²) in [6.45, 7) is 2.91. The zero-order valence-electron chi connectivity index (χ0n) is 29.8. The minimum atomic E-state index is -5.43. The summed E-state index contributed by atoms with van der Waals surface area (Å²) in [5.74, 6) is -9.13. The van der Waals surface area contributed by atoms with Crippen molar-refractivity contribution in [1.29, 1.82) is 0 Å². The van der Waals surface area contributed by atoms with Crippen molar-refractivity contribution in [3.8, 4) is 0 Å². The lowest BCUT2D eigenvalue weighted by Crippen LogP contribution is -2.63. The third-order valence-corrected chi connectivity index (χ3v) is 10.4. The molecule has 1 saturated carbocycles. The molecule has 2 saturated heterocycles. The number of carbonyl (C=O) groups excluding carboxylic acids is 5. The van der Waals surface area contributed by atoms with Gasteiger partial charge in [0, 0.05) is 50.1 Å². The number of amides is 4. The molecule has 1 aliphatic carbocycles. The summed E-state index contributed by atoms with van der Waals surface area (Å²) in [6, 6.07) is 1.22. The lowest BCUT2D eigenvalue weighted by Gasteiger charge is -2.37. The van der Waals surface area contributed by atoms with Gasteiger partial charge in [-0.3, -0.25) is 24.0 Å². The minimum Gasteiger partial charge on any atom is -0.384 e. The van der Waals surface area contributed by atoms with Gasteiger partial charge in [-0.2, -0.15) is 13.2 Å². The molecule has 4 amide bonds. The third kappa shape index (κ3) is 8.53. The number of likely N-dealkylation sites (tertiary alicyclic amines) is 1. The zero-order chi connectivity index (χ0) is 39.6. The Morgan fingerprint density at radius 3 is 2.22 bits per heavy atom. The van der Waals surface area contributed by atoms with Gasteiger partial charge in [0.25, 0.3) is 23.5 Å². The van der Waals surface area contributed by atoms with Gasteiger partial charge in [-0.15, -0.1) is 5.10 Å². The summed E-state index contributed by atoms with van der Waals surface area (Å²) < 4.78 is 46.4. The monoisotopic (exact) mass is 763 g/mol. The fourth-order valence-corrected chi connectivity index (χ4v) is 7.31. The number of alkyl halides is 3. The normalized spacial score (nSPS) is 21.5. The number of ether oxygens (including phenoxy) is 1. The van der Waals surface area contributed by atoms with Gasteiger partial charge < -0.3 is 36.0 Å². The van der Waals surface area contributed by atoms with Crippen LogP contribution < -0.4 is 11.1 Å². The van der Waals surface area contributed by atoms with Gasteiger partial charge in [0.15, 0.2) is 0 Å². The molecule has 16 nitrogen and oxygen atoms in total. The first-order valence-electron chi connectivity index (χ1n) is 17.7. The summed E-state index contributed by atoms with van der Waals surface area (Å²) >= 11 is 0. The number of ketones is 1. The summed E-state index contributed by atoms with van der Waals surface area (Å²) in [5, 5.41) is 40.8. The molecular weight excluding hydrogens is 719 g/mol. The molecule has 54 heavy (non-hydrogen) atoms. The van der Waals surface area contributed by atoms with Crippen molar-refractivity contribution >= 4 is 35.1 Å². The van der Waals surface area contributed by atoms with E-state index in [0.29, 0.717) is 12.1 Å². The molecule has 3 aliphatic rings. The lowest BCUT2D eigenvalue weighted by atomic mass is 9.84. The minimum absolute atomic E-state index is 0.0301. The molecule has 0 unspecified atom stereocenters.